The number of nitrogens with one attached hydrogen (secondary N) is 2. The molecule has 0 bridgehead atoms. The van der Waals surface area contributed by atoms with Gasteiger partial charge in [0.05, 0.1) is 6.20 Å². The Balaban J connectivity index is 2.07. The van der Waals surface area contributed by atoms with Crippen LogP contribution in [-0.4, -0.2) is 37.3 Å². The second-order valence-electron chi connectivity index (χ2n) is 4.01. The minimum atomic E-state index is -3.41. The van der Waals surface area contributed by atoms with Gasteiger partial charge in [-0.2, -0.15) is 5.10 Å². The molecule has 1 atom stereocenters. The highest BCUT2D eigenvalue weighted by atomic mass is 32.2. The molecular weight excluding hydrogens is 228 g/mol. The van der Waals surface area contributed by atoms with Crippen LogP contribution < -0.4 is 10.0 Å². The van der Waals surface area contributed by atoms with Crippen molar-refractivity contribution in [3.05, 3.63) is 12.4 Å². The first kappa shape index (κ1) is 11.6. The van der Waals surface area contributed by atoms with Crippen LogP contribution in [0.3, 0.4) is 0 Å². The van der Waals surface area contributed by atoms with Gasteiger partial charge >= 0.3 is 0 Å². The van der Waals surface area contributed by atoms with Crippen molar-refractivity contribution in [2.75, 3.05) is 13.1 Å². The number of hydrogen-bond acceptors (Lipinski definition) is 4. The Kier molecular flexibility index (Phi) is 3.27. The zero-order valence-corrected chi connectivity index (χ0v) is 10.00. The van der Waals surface area contributed by atoms with Crippen molar-refractivity contribution < 1.29 is 8.42 Å². The molecule has 0 saturated carbocycles. The van der Waals surface area contributed by atoms with Gasteiger partial charge in [0.2, 0.25) is 10.0 Å². The molecule has 1 aromatic heterocycles. The van der Waals surface area contributed by atoms with E-state index in [-0.39, 0.29) is 10.9 Å². The maximum absolute atomic E-state index is 11.9. The lowest BCUT2D eigenvalue weighted by molar-refractivity contribution is 0.428. The standard InChI is InChI=1S/C9H16N4O2S/c1-13-7-9(6-11-13)16(14,15)12-8-3-2-4-10-5-8/h6-8,10,12H,2-5H2,1H3/t8-/m0/s1. The van der Waals surface area contributed by atoms with E-state index in [4.69, 9.17) is 0 Å². The van der Waals surface area contributed by atoms with E-state index in [1.54, 1.807) is 7.05 Å². The van der Waals surface area contributed by atoms with Gasteiger partial charge in [-0.3, -0.25) is 4.68 Å². The van der Waals surface area contributed by atoms with Crippen LogP contribution in [0.5, 0.6) is 0 Å². The van der Waals surface area contributed by atoms with Crippen LogP contribution in [0.4, 0.5) is 0 Å². The summed E-state index contributed by atoms with van der Waals surface area (Å²) >= 11 is 0. The molecule has 2 rings (SSSR count). The third-order valence-electron chi connectivity index (χ3n) is 2.61. The zero-order valence-electron chi connectivity index (χ0n) is 9.18. The molecule has 1 saturated heterocycles. The van der Waals surface area contributed by atoms with Gasteiger partial charge in [-0.1, -0.05) is 0 Å². The predicted octanol–water partition coefficient (Wildman–Crippen LogP) is -0.550. The average Bonchev–Trinajstić information content (AvgIpc) is 2.66. The van der Waals surface area contributed by atoms with Crippen molar-refractivity contribution in [3.8, 4) is 0 Å². The third-order valence-corrected chi connectivity index (χ3v) is 4.09. The van der Waals surface area contributed by atoms with E-state index in [0.29, 0.717) is 6.54 Å². The molecule has 1 fully saturated rings. The summed E-state index contributed by atoms with van der Waals surface area (Å²) < 4.78 is 28.0. The van der Waals surface area contributed by atoms with Gasteiger partial charge < -0.3 is 5.32 Å². The molecule has 2 heterocycles. The van der Waals surface area contributed by atoms with Crippen molar-refractivity contribution in [1.82, 2.24) is 19.8 Å². The number of rotatable bonds is 3. The molecule has 1 aromatic rings. The normalized spacial score (nSPS) is 22.2. The SMILES string of the molecule is Cn1cc(S(=O)(=O)N[C@H]2CCCNC2)cn1. The Bertz CT molecular complexity index is 448. The molecule has 7 heteroatoms. The summed E-state index contributed by atoms with van der Waals surface area (Å²) in [6.45, 7) is 1.66. The van der Waals surface area contributed by atoms with Crippen LogP contribution in [-0.2, 0) is 17.1 Å². The smallest absolute Gasteiger partial charge is 0.243 e. The van der Waals surface area contributed by atoms with Gasteiger partial charge in [-0.15, -0.1) is 0 Å². The first-order chi connectivity index (χ1) is 7.58. The molecule has 6 nitrogen and oxygen atoms in total. The number of hydrogen-bond donors (Lipinski definition) is 2. The highest BCUT2D eigenvalue weighted by Gasteiger charge is 2.22. The molecule has 16 heavy (non-hydrogen) atoms. The molecule has 90 valence electrons. The highest BCUT2D eigenvalue weighted by molar-refractivity contribution is 7.89. The molecule has 0 aliphatic carbocycles. The van der Waals surface area contributed by atoms with E-state index in [1.165, 1.54) is 17.1 Å². The van der Waals surface area contributed by atoms with E-state index in [2.05, 4.69) is 15.1 Å². The third kappa shape index (κ3) is 2.60. The van der Waals surface area contributed by atoms with E-state index in [9.17, 15) is 8.42 Å². The Labute approximate surface area is 95.1 Å². The molecule has 0 radical (unpaired) electrons. The molecule has 0 unspecified atom stereocenters. The zero-order chi connectivity index (χ0) is 11.6. The van der Waals surface area contributed by atoms with Crippen molar-refractivity contribution in [3.63, 3.8) is 0 Å². The van der Waals surface area contributed by atoms with E-state index in [1.807, 2.05) is 0 Å². The van der Waals surface area contributed by atoms with Crippen LogP contribution in [0.15, 0.2) is 17.3 Å². The Morgan fingerprint density at radius 3 is 3.00 bits per heavy atom. The molecular formula is C9H16N4O2S. The topological polar surface area (TPSA) is 76.0 Å². The van der Waals surface area contributed by atoms with Crippen molar-refractivity contribution >= 4 is 10.0 Å². The van der Waals surface area contributed by atoms with Gasteiger partial charge in [0, 0.05) is 25.8 Å². The largest absolute Gasteiger partial charge is 0.315 e. The molecule has 1 aliphatic heterocycles. The minimum Gasteiger partial charge on any atom is -0.315 e. The number of piperidine rings is 1. The van der Waals surface area contributed by atoms with Crippen LogP contribution in [0.2, 0.25) is 0 Å². The quantitative estimate of drug-likeness (QED) is 0.748. The maximum Gasteiger partial charge on any atom is 0.243 e. The summed E-state index contributed by atoms with van der Waals surface area (Å²) in [7, 11) is -1.72. The fourth-order valence-electron chi connectivity index (χ4n) is 1.78. The predicted molar refractivity (Wildman–Crippen MR) is 59.4 cm³/mol. The molecule has 2 N–H and O–H groups in total. The first-order valence-corrected chi connectivity index (χ1v) is 6.78. The lowest BCUT2D eigenvalue weighted by atomic mass is 10.1. The Morgan fingerprint density at radius 1 is 1.62 bits per heavy atom. The van der Waals surface area contributed by atoms with Crippen molar-refractivity contribution in [2.24, 2.45) is 7.05 Å². The monoisotopic (exact) mass is 244 g/mol. The fraction of sp³-hybridized carbons (Fsp3) is 0.667. The van der Waals surface area contributed by atoms with Crippen molar-refractivity contribution in [1.29, 1.82) is 0 Å². The molecule has 0 amide bonds. The van der Waals surface area contributed by atoms with Gasteiger partial charge in [0.25, 0.3) is 0 Å². The van der Waals surface area contributed by atoms with Gasteiger partial charge in [0.15, 0.2) is 0 Å². The lowest BCUT2D eigenvalue weighted by Gasteiger charge is -2.23. The maximum atomic E-state index is 11.9. The van der Waals surface area contributed by atoms with E-state index in [0.717, 1.165) is 19.4 Å². The fourth-order valence-corrected chi connectivity index (χ4v) is 3.03. The number of aromatic nitrogens is 2. The number of aryl methyl sites for hydroxylation is 1. The van der Waals surface area contributed by atoms with E-state index >= 15 is 0 Å². The van der Waals surface area contributed by atoms with Crippen LogP contribution in [0.1, 0.15) is 12.8 Å². The van der Waals surface area contributed by atoms with Crippen LogP contribution >= 0.6 is 0 Å². The van der Waals surface area contributed by atoms with Crippen LogP contribution in [0, 0.1) is 0 Å². The summed E-state index contributed by atoms with van der Waals surface area (Å²) in [6, 6.07) is -0.0149. The Hall–Kier alpha value is -0.920. The summed E-state index contributed by atoms with van der Waals surface area (Å²) in [4.78, 5) is 0.223. The molecule has 1 aliphatic rings. The van der Waals surface area contributed by atoms with Gasteiger partial charge in [0.1, 0.15) is 4.90 Å². The second-order valence-corrected chi connectivity index (χ2v) is 5.73. The minimum absolute atomic E-state index is 0.0149. The van der Waals surface area contributed by atoms with Crippen molar-refractivity contribution in [2.45, 2.75) is 23.8 Å². The summed E-state index contributed by atoms with van der Waals surface area (Å²) in [6.07, 6.45) is 4.74. The van der Waals surface area contributed by atoms with Gasteiger partial charge in [-0.05, 0) is 19.4 Å². The number of sulfonamides is 1. The highest BCUT2D eigenvalue weighted by Crippen LogP contribution is 2.10. The van der Waals surface area contributed by atoms with Gasteiger partial charge in [-0.25, -0.2) is 13.1 Å². The Morgan fingerprint density at radius 2 is 2.44 bits per heavy atom. The summed E-state index contributed by atoms with van der Waals surface area (Å²) in [5.74, 6) is 0. The number of nitrogens with zero attached hydrogens (tertiary/aromatic N) is 2. The summed E-state index contributed by atoms with van der Waals surface area (Å²) in [5.41, 5.74) is 0. The van der Waals surface area contributed by atoms with E-state index < -0.39 is 10.0 Å². The first-order valence-electron chi connectivity index (χ1n) is 5.29. The molecule has 0 spiro atoms. The lowest BCUT2D eigenvalue weighted by Crippen LogP contribution is -2.45. The second kappa shape index (κ2) is 4.52. The van der Waals surface area contributed by atoms with Crippen LogP contribution in [0.25, 0.3) is 0 Å². The average molecular weight is 244 g/mol. The molecule has 0 aromatic carbocycles. The summed E-state index contributed by atoms with van der Waals surface area (Å²) in [5, 5.41) is 7.02.